The molecule has 0 atom stereocenters. The van der Waals surface area contributed by atoms with Gasteiger partial charge in [-0.3, -0.25) is 10.2 Å². The number of Topliss-reactive ketones (excluding diaryl/α,β-unsaturated/α-hetero) is 1. The molecule has 1 aliphatic carbocycles. The highest BCUT2D eigenvalue weighted by Crippen LogP contribution is 2.17. The van der Waals surface area contributed by atoms with Gasteiger partial charge in [-0.05, 0) is 12.8 Å². The summed E-state index contributed by atoms with van der Waals surface area (Å²) in [5, 5.41) is 0. The lowest BCUT2D eigenvalue weighted by molar-refractivity contribution is -0.122. The number of carbonyl (C=O) groups excluding carboxylic acids is 2. The van der Waals surface area contributed by atoms with Crippen LogP contribution in [0, 0.1) is 0 Å². The maximum Gasteiger partial charge on any atom is 0.421 e. The standard InChI is InChI=1S/C7H12N2O3/c8-9-7(11)12-6-3-1-5(10)2-4-6/h6H,1-4,8H2,(H,9,11). The molecule has 5 heteroatoms. The van der Waals surface area contributed by atoms with Crippen LogP contribution >= 0.6 is 0 Å². The Morgan fingerprint density at radius 1 is 1.50 bits per heavy atom. The second-order valence-corrected chi connectivity index (χ2v) is 2.79. The normalized spacial score (nSPS) is 18.9. The Hall–Kier alpha value is -1.10. The predicted molar refractivity (Wildman–Crippen MR) is 41.1 cm³/mol. The second kappa shape index (κ2) is 4.06. The number of rotatable bonds is 1. The third kappa shape index (κ3) is 2.50. The third-order valence-corrected chi connectivity index (χ3v) is 1.88. The molecule has 1 fully saturated rings. The Morgan fingerprint density at radius 2 is 2.08 bits per heavy atom. The Kier molecular flexibility index (Phi) is 3.04. The van der Waals surface area contributed by atoms with Crippen LogP contribution in [0.2, 0.25) is 0 Å². The van der Waals surface area contributed by atoms with Gasteiger partial charge >= 0.3 is 6.09 Å². The Morgan fingerprint density at radius 3 is 2.58 bits per heavy atom. The minimum atomic E-state index is -0.630. The van der Waals surface area contributed by atoms with Crippen molar-refractivity contribution in [1.82, 2.24) is 5.43 Å². The average molecular weight is 172 g/mol. The van der Waals surface area contributed by atoms with E-state index < -0.39 is 6.09 Å². The molecule has 68 valence electrons. The molecule has 0 bridgehead atoms. The van der Waals surface area contributed by atoms with E-state index in [1.54, 1.807) is 0 Å². The van der Waals surface area contributed by atoms with E-state index in [4.69, 9.17) is 10.6 Å². The minimum absolute atomic E-state index is 0.147. The number of ether oxygens (including phenoxy) is 1. The summed E-state index contributed by atoms with van der Waals surface area (Å²) in [7, 11) is 0. The lowest BCUT2D eigenvalue weighted by Crippen LogP contribution is -2.35. The van der Waals surface area contributed by atoms with Crippen LogP contribution in [-0.4, -0.2) is 18.0 Å². The van der Waals surface area contributed by atoms with E-state index in [1.807, 2.05) is 5.43 Å². The topological polar surface area (TPSA) is 81.4 Å². The zero-order valence-corrected chi connectivity index (χ0v) is 6.71. The minimum Gasteiger partial charge on any atom is -0.445 e. The Labute approximate surface area is 70.2 Å². The van der Waals surface area contributed by atoms with E-state index in [0.29, 0.717) is 25.7 Å². The summed E-state index contributed by atoms with van der Waals surface area (Å²) in [6.07, 6.45) is 1.46. The first-order chi connectivity index (χ1) is 5.72. The molecule has 0 heterocycles. The monoisotopic (exact) mass is 172 g/mol. The highest BCUT2D eigenvalue weighted by atomic mass is 16.6. The number of hydrogen-bond acceptors (Lipinski definition) is 4. The van der Waals surface area contributed by atoms with Gasteiger partial charge in [-0.1, -0.05) is 0 Å². The molecule has 0 aromatic carbocycles. The SMILES string of the molecule is NNC(=O)OC1CCC(=O)CC1. The van der Waals surface area contributed by atoms with Crippen molar-refractivity contribution in [2.45, 2.75) is 31.8 Å². The quantitative estimate of drug-likeness (QED) is 0.334. The maximum absolute atomic E-state index is 10.8. The van der Waals surface area contributed by atoms with Crippen LogP contribution in [-0.2, 0) is 9.53 Å². The largest absolute Gasteiger partial charge is 0.445 e. The summed E-state index contributed by atoms with van der Waals surface area (Å²) < 4.78 is 4.86. The van der Waals surface area contributed by atoms with Crippen molar-refractivity contribution in [3.05, 3.63) is 0 Å². The van der Waals surface area contributed by atoms with Gasteiger partial charge in [-0.25, -0.2) is 10.6 Å². The Balaban J connectivity index is 2.26. The van der Waals surface area contributed by atoms with Crippen LogP contribution in [0.15, 0.2) is 0 Å². The highest BCUT2D eigenvalue weighted by molar-refractivity contribution is 5.79. The fourth-order valence-electron chi connectivity index (χ4n) is 1.22. The molecule has 1 saturated carbocycles. The zero-order valence-electron chi connectivity index (χ0n) is 6.71. The van der Waals surface area contributed by atoms with Crippen LogP contribution in [0.3, 0.4) is 0 Å². The highest BCUT2D eigenvalue weighted by Gasteiger charge is 2.21. The molecule has 0 aliphatic heterocycles. The van der Waals surface area contributed by atoms with Crippen LogP contribution < -0.4 is 11.3 Å². The van der Waals surface area contributed by atoms with Gasteiger partial charge in [0.25, 0.3) is 0 Å². The molecule has 0 aromatic heterocycles. The van der Waals surface area contributed by atoms with Gasteiger partial charge in [0.05, 0.1) is 0 Å². The lowest BCUT2D eigenvalue weighted by atomic mass is 9.97. The number of ketones is 1. The van der Waals surface area contributed by atoms with E-state index in [1.165, 1.54) is 0 Å². The van der Waals surface area contributed by atoms with Crippen molar-refractivity contribution in [2.24, 2.45) is 5.84 Å². The molecule has 5 nitrogen and oxygen atoms in total. The molecular weight excluding hydrogens is 160 g/mol. The summed E-state index contributed by atoms with van der Waals surface area (Å²) in [5.41, 5.74) is 1.88. The van der Waals surface area contributed by atoms with Gasteiger partial charge in [-0.15, -0.1) is 0 Å². The summed E-state index contributed by atoms with van der Waals surface area (Å²) in [6, 6.07) is 0. The summed E-state index contributed by atoms with van der Waals surface area (Å²) in [6.45, 7) is 0. The summed E-state index contributed by atoms with van der Waals surface area (Å²) in [4.78, 5) is 21.4. The second-order valence-electron chi connectivity index (χ2n) is 2.79. The average Bonchev–Trinajstić information content (AvgIpc) is 2.09. The fourth-order valence-corrected chi connectivity index (χ4v) is 1.22. The molecule has 3 N–H and O–H groups in total. The number of hydrogen-bond donors (Lipinski definition) is 2. The van der Waals surface area contributed by atoms with Gasteiger partial charge in [0.2, 0.25) is 0 Å². The van der Waals surface area contributed by atoms with E-state index in [9.17, 15) is 9.59 Å². The summed E-state index contributed by atoms with van der Waals surface area (Å²) >= 11 is 0. The van der Waals surface area contributed by atoms with Gasteiger partial charge in [-0.2, -0.15) is 0 Å². The predicted octanol–water partition coefficient (Wildman–Crippen LogP) is 0.0980. The fraction of sp³-hybridized carbons (Fsp3) is 0.714. The molecule has 12 heavy (non-hydrogen) atoms. The third-order valence-electron chi connectivity index (χ3n) is 1.88. The number of carbonyl (C=O) groups is 2. The maximum atomic E-state index is 10.8. The van der Waals surface area contributed by atoms with Crippen LogP contribution in [0.25, 0.3) is 0 Å². The summed E-state index contributed by atoms with van der Waals surface area (Å²) in [5.74, 6) is 5.06. The number of hydrazine groups is 1. The van der Waals surface area contributed by atoms with E-state index in [0.717, 1.165) is 0 Å². The van der Waals surface area contributed by atoms with E-state index in [-0.39, 0.29) is 11.9 Å². The van der Waals surface area contributed by atoms with Crippen LogP contribution in [0.1, 0.15) is 25.7 Å². The molecule has 1 rings (SSSR count). The first-order valence-electron chi connectivity index (χ1n) is 3.91. The molecule has 0 spiro atoms. The van der Waals surface area contributed by atoms with Crippen molar-refractivity contribution < 1.29 is 14.3 Å². The van der Waals surface area contributed by atoms with Crippen molar-refractivity contribution in [3.63, 3.8) is 0 Å². The first kappa shape index (κ1) is 8.99. The van der Waals surface area contributed by atoms with Gasteiger partial charge in [0.1, 0.15) is 11.9 Å². The Bertz CT molecular complexity index is 183. The molecule has 0 radical (unpaired) electrons. The van der Waals surface area contributed by atoms with Crippen molar-refractivity contribution >= 4 is 11.9 Å². The van der Waals surface area contributed by atoms with Gasteiger partial charge in [0, 0.05) is 12.8 Å². The van der Waals surface area contributed by atoms with Gasteiger partial charge < -0.3 is 4.74 Å². The number of nitrogens with one attached hydrogen (secondary N) is 1. The van der Waals surface area contributed by atoms with E-state index in [2.05, 4.69) is 0 Å². The lowest BCUT2D eigenvalue weighted by Gasteiger charge is -2.20. The van der Waals surface area contributed by atoms with Crippen molar-refractivity contribution in [2.75, 3.05) is 0 Å². The molecular formula is C7H12N2O3. The number of amides is 1. The number of nitrogens with two attached hydrogens (primary N) is 1. The van der Waals surface area contributed by atoms with Crippen LogP contribution in [0.4, 0.5) is 4.79 Å². The molecule has 1 amide bonds. The van der Waals surface area contributed by atoms with Crippen molar-refractivity contribution in [3.8, 4) is 0 Å². The molecule has 0 saturated heterocycles. The van der Waals surface area contributed by atoms with Crippen LogP contribution in [0.5, 0.6) is 0 Å². The first-order valence-corrected chi connectivity index (χ1v) is 3.91. The van der Waals surface area contributed by atoms with Gasteiger partial charge in [0.15, 0.2) is 0 Å². The van der Waals surface area contributed by atoms with Crippen molar-refractivity contribution in [1.29, 1.82) is 0 Å². The molecule has 0 aromatic rings. The smallest absolute Gasteiger partial charge is 0.421 e. The zero-order chi connectivity index (χ0) is 8.97. The molecule has 0 unspecified atom stereocenters. The van der Waals surface area contributed by atoms with E-state index >= 15 is 0 Å². The molecule has 1 aliphatic rings.